The maximum Gasteiger partial charge on any atom is 0.490 e. The third kappa shape index (κ3) is 7.47. The van der Waals surface area contributed by atoms with E-state index in [-0.39, 0.29) is 23.4 Å². The van der Waals surface area contributed by atoms with Crippen LogP contribution in [0, 0.1) is 6.57 Å². The molecule has 0 aliphatic carbocycles. The Bertz CT molecular complexity index is 1510. The van der Waals surface area contributed by atoms with Crippen LogP contribution in [0.3, 0.4) is 0 Å². The lowest BCUT2D eigenvalue weighted by molar-refractivity contribution is -0.0985. The van der Waals surface area contributed by atoms with E-state index in [4.69, 9.17) is 37.1 Å². The van der Waals surface area contributed by atoms with E-state index in [9.17, 15) is 28.3 Å². The molecule has 0 amide bonds. The number of hydrogen-bond donors (Lipinski definition) is 6. The summed E-state index contributed by atoms with van der Waals surface area (Å²) >= 11 is 0. The molecular weight excluding hydrogens is 581 g/mol. The van der Waals surface area contributed by atoms with Gasteiger partial charge in [-0.3, -0.25) is 23.9 Å². The van der Waals surface area contributed by atoms with Gasteiger partial charge in [-0.15, -0.1) is 0 Å². The molecular formula is C14H19N8O13P3. The second kappa shape index (κ2) is 10.8. The molecule has 3 unspecified atom stereocenters. The Hall–Kier alpha value is -2.65. The number of nitrogens with one attached hydrogen (secondary N) is 1. The van der Waals surface area contributed by atoms with Crippen molar-refractivity contribution in [1.29, 1.82) is 0 Å². The van der Waals surface area contributed by atoms with E-state index >= 15 is 0 Å². The molecule has 2 aromatic heterocycles. The Morgan fingerprint density at radius 3 is 2.63 bits per heavy atom. The zero-order valence-corrected chi connectivity index (χ0v) is 21.5. The first-order valence-electron chi connectivity index (χ1n) is 9.89. The average molecular weight is 600 g/mol. The summed E-state index contributed by atoms with van der Waals surface area (Å²) in [5.41, 5.74) is 13.9. The van der Waals surface area contributed by atoms with Gasteiger partial charge in [-0.2, -0.15) is 13.6 Å². The molecule has 1 saturated heterocycles. The molecule has 208 valence electrons. The van der Waals surface area contributed by atoms with Crippen molar-refractivity contribution in [2.45, 2.75) is 37.6 Å². The van der Waals surface area contributed by atoms with Crippen molar-refractivity contribution in [3.8, 4) is 0 Å². The topological polar surface area (TPSA) is 308 Å². The van der Waals surface area contributed by atoms with Crippen LogP contribution in [-0.2, 0) is 36.3 Å². The predicted molar refractivity (Wildman–Crippen MR) is 122 cm³/mol. The van der Waals surface area contributed by atoms with Crippen molar-refractivity contribution in [3.63, 3.8) is 0 Å². The summed E-state index contributed by atoms with van der Waals surface area (Å²) in [7, 11) is -16.9. The molecule has 7 N–H and O–H groups in total. The van der Waals surface area contributed by atoms with Gasteiger partial charge in [0, 0.05) is 29.6 Å². The summed E-state index contributed by atoms with van der Waals surface area (Å²) in [6, 6.07) is 1.41. The Morgan fingerprint density at radius 1 is 1.34 bits per heavy atom. The number of ether oxygens (including phenoxy) is 2. The minimum absolute atomic E-state index is 0.0894. The first-order valence-corrected chi connectivity index (χ1v) is 14.4. The van der Waals surface area contributed by atoms with E-state index in [1.54, 1.807) is 0 Å². The van der Waals surface area contributed by atoms with Crippen LogP contribution in [0.2, 0.25) is 0 Å². The average Bonchev–Trinajstić information content (AvgIpc) is 3.33. The zero-order valence-electron chi connectivity index (χ0n) is 18.9. The number of fused-ring (bicyclic) bond motifs is 1. The second-order valence-corrected chi connectivity index (χ2v) is 12.0. The smallest absolute Gasteiger partial charge is 0.369 e. The summed E-state index contributed by atoms with van der Waals surface area (Å²) in [5, 5.41) is 3.40. The molecule has 38 heavy (non-hydrogen) atoms. The minimum atomic E-state index is -5.77. The van der Waals surface area contributed by atoms with Crippen LogP contribution in [-0.4, -0.2) is 58.8 Å². The third-order valence-corrected chi connectivity index (χ3v) is 8.52. The van der Waals surface area contributed by atoms with Gasteiger partial charge >= 0.3 is 29.3 Å². The van der Waals surface area contributed by atoms with Crippen LogP contribution in [0.15, 0.2) is 22.2 Å². The first kappa shape index (κ1) is 29.9. The molecule has 24 heteroatoms. The highest BCUT2D eigenvalue weighted by Gasteiger charge is 2.46. The number of phosphoric ester groups is 1. The van der Waals surface area contributed by atoms with Crippen molar-refractivity contribution in [1.82, 2.24) is 14.5 Å². The molecule has 3 rings (SSSR count). The highest BCUT2D eigenvalue weighted by atomic mass is 31.3. The number of phosphoric acid groups is 3. The Balaban J connectivity index is 1.86. The molecule has 2 aromatic rings. The first-order chi connectivity index (χ1) is 17.5. The molecule has 3 heterocycles. The van der Waals surface area contributed by atoms with Crippen LogP contribution >= 0.6 is 23.5 Å². The summed E-state index contributed by atoms with van der Waals surface area (Å²) < 4.78 is 59.2. The van der Waals surface area contributed by atoms with Gasteiger partial charge in [0.1, 0.15) is 12.3 Å². The SMILES string of the molecule is [C-]#[N+]C(C)(N=[N+]=[N-])O[C@@H]1C[C@H](n2ccc3c(=O)[nH]c(N)nc32)O[C@@H]1COP(=O)(O)OP(=O)(O)OP(=O)(O)O. The lowest BCUT2D eigenvalue weighted by Gasteiger charge is -2.23. The molecule has 1 aliphatic rings. The molecule has 6 atom stereocenters. The Kier molecular flexibility index (Phi) is 8.53. The molecule has 0 radical (unpaired) electrons. The summed E-state index contributed by atoms with van der Waals surface area (Å²) in [6.45, 7) is 7.46. The molecule has 21 nitrogen and oxygen atoms in total. The number of nitrogens with zero attached hydrogens (tertiary/aromatic N) is 6. The van der Waals surface area contributed by atoms with Gasteiger partial charge in [0.25, 0.3) is 5.56 Å². The van der Waals surface area contributed by atoms with Crippen LogP contribution in [0.1, 0.15) is 19.6 Å². The standard InChI is InChI=1S/C14H19N8O13P3/c1-14(17-2,20-21-16)33-8-5-10(22-4-3-7-11(22)18-13(15)19-12(7)23)32-9(8)6-31-37(27,28)35-38(29,30)34-36(24,25)26/h3-4,8-10H,5-6H2,1H3,(H,27,28)(H,29,30)(H2,24,25,26)(H3,15,18,19,23)/t8-,9-,10-,14?/m1/s1. The van der Waals surface area contributed by atoms with E-state index in [1.807, 2.05) is 0 Å². The minimum Gasteiger partial charge on any atom is -0.369 e. The van der Waals surface area contributed by atoms with Crippen molar-refractivity contribution >= 4 is 40.4 Å². The fraction of sp³-hybridized carbons (Fsp3) is 0.500. The van der Waals surface area contributed by atoms with Gasteiger partial charge in [0.2, 0.25) is 5.95 Å². The second-order valence-electron chi connectivity index (χ2n) is 7.55. The van der Waals surface area contributed by atoms with Crippen molar-refractivity contribution in [2.75, 3.05) is 12.3 Å². The van der Waals surface area contributed by atoms with E-state index < -0.39 is 59.9 Å². The van der Waals surface area contributed by atoms with Crippen LogP contribution in [0.25, 0.3) is 26.3 Å². The fourth-order valence-electron chi connectivity index (χ4n) is 3.35. The van der Waals surface area contributed by atoms with Gasteiger partial charge < -0.3 is 34.6 Å². The summed E-state index contributed by atoms with van der Waals surface area (Å²) in [6.07, 6.45) is -2.28. The normalized spacial score (nSPS) is 24.6. The third-order valence-electron chi connectivity index (χ3n) is 4.72. The highest BCUT2D eigenvalue weighted by Crippen LogP contribution is 2.66. The number of hydrogen-bond acceptors (Lipinski definition) is 12. The number of anilines is 1. The van der Waals surface area contributed by atoms with Gasteiger partial charge in [0.05, 0.1) is 18.1 Å². The van der Waals surface area contributed by atoms with E-state index in [1.165, 1.54) is 16.8 Å². The molecule has 1 aliphatic heterocycles. The highest BCUT2D eigenvalue weighted by molar-refractivity contribution is 7.66. The maximum absolute atomic E-state index is 12.1. The van der Waals surface area contributed by atoms with Crippen molar-refractivity contribution in [2.24, 2.45) is 5.11 Å². The zero-order chi connectivity index (χ0) is 28.5. The summed E-state index contributed by atoms with van der Waals surface area (Å²) in [5.74, 6) is -2.30. The van der Waals surface area contributed by atoms with E-state index in [2.05, 4.69) is 38.0 Å². The lowest BCUT2D eigenvalue weighted by atomic mass is 10.2. The largest absolute Gasteiger partial charge is 0.490 e. The molecule has 0 aromatic carbocycles. The van der Waals surface area contributed by atoms with E-state index in [0.29, 0.717) is 0 Å². The number of aromatic amines is 1. The van der Waals surface area contributed by atoms with Crippen molar-refractivity contribution in [3.05, 3.63) is 44.5 Å². The van der Waals surface area contributed by atoms with Crippen molar-refractivity contribution < 1.29 is 55.9 Å². The Morgan fingerprint density at radius 2 is 2.03 bits per heavy atom. The van der Waals surface area contributed by atoms with Gasteiger partial charge in [-0.05, 0) is 11.6 Å². The predicted octanol–water partition coefficient (Wildman–Crippen LogP) is 1.23. The van der Waals surface area contributed by atoms with Gasteiger partial charge in [-0.25, -0.2) is 20.3 Å². The maximum atomic E-state index is 12.1. The number of nitrogens with two attached hydrogens (primary N) is 1. The quantitative estimate of drug-likeness (QED) is 0.0694. The fourth-order valence-corrected chi connectivity index (χ4v) is 6.38. The van der Waals surface area contributed by atoms with E-state index in [0.717, 1.165) is 6.92 Å². The number of H-pyrrole nitrogens is 1. The Labute approximate surface area is 211 Å². The molecule has 0 saturated carbocycles. The summed E-state index contributed by atoms with van der Waals surface area (Å²) in [4.78, 5) is 60.5. The molecule has 0 spiro atoms. The van der Waals surface area contributed by atoms with Crippen LogP contribution in [0.4, 0.5) is 5.95 Å². The number of rotatable bonds is 11. The van der Waals surface area contributed by atoms with Gasteiger partial charge in [0.15, 0.2) is 5.65 Å². The lowest BCUT2D eigenvalue weighted by Crippen LogP contribution is -2.35. The van der Waals surface area contributed by atoms with Crippen LogP contribution in [0.5, 0.6) is 0 Å². The number of aromatic nitrogens is 3. The molecule has 0 bridgehead atoms. The van der Waals surface area contributed by atoms with Crippen LogP contribution < -0.4 is 11.3 Å². The number of nitrogen functional groups attached to an aromatic ring is 1. The molecule has 1 fully saturated rings. The van der Waals surface area contributed by atoms with Gasteiger partial charge in [-0.1, -0.05) is 0 Å². The number of azide groups is 1. The monoisotopic (exact) mass is 600 g/mol.